The number of methoxy groups -OCH3 is 2. The monoisotopic (exact) mass is 363 g/mol. The van der Waals surface area contributed by atoms with Gasteiger partial charge in [-0.3, -0.25) is 4.99 Å². The van der Waals surface area contributed by atoms with Crippen LogP contribution in [0.25, 0.3) is 0 Å². The summed E-state index contributed by atoms with van der Waals surface area (Å²) in [6.07, 6.45) is 2.04. The lowest BCUT2D eigenvalue weighted by molar-refractivity contribution is 0.0536. The Hall–Kier alpha value is -1.79. The molecule has 1 N–H and O–H groups in total. The normalized spacial score (nSPS) is 17.6. The second kappa shape index (κ2) is 11.0. The summed E-state index contributed by atoms with van der Waals surface area (Å²) in [4.78, 5) is 6.76. The number of nitrogens with one attached hydrogen (secondary N) is 1. The lowest BCUT2D eigenvalue weighted by atomic mass is 10.1. The number of aliphatic imine (C=N–C) groups is 1. The minimum atomic E-state index is 0.558. The van der Waals surface area contributed by atoms with Gasteiger partial charge in [-0.05, 0) is 31.4 Å². The molecule has 0 aliphatic carbocycles. The van der Waals surface area contributed by atoms with Crippen molar-refractivity contribution in [3.8, 4) is 5.75 Å². The predicted molar refractivity (Wildman–Crippen MR) is 105 cm³/mol. The van der Waals surface area contributed by atoms with Gasteiger partial charge in [-0.1, -0.05) is 17.7 Å². The first-order chi connectivity index (χ1) is 12.7. The third-order valence-corrected chi connectivity index (χ3v) is 4.70. The minimum absolute atomic E-state index is 0.558. The van der Waals surface area contributed by atoms with E-state index >= 15 is 0 Å². The van der Waals surface area contributed by atoms with Crippen LogP contribution in [0.3, 0.4) is 0 Å². The Kier molecular flexibility index (Phi) is 8.71. The van der Waals surface area contributed by atoms with Gasteiger partial charge in [0.05, 0.1) is 26.9 Å². The van der Waals surface area contributed by atoms with E-state index in [1.807, 2.05) is 13.1 Å². The van der Waals surface area contributed by atoms with Crippen molar-refractivity contribution in [3.63, 3.8) is 0 Å². The number of nitrogens with zero attached hydrogens (tertiary/aromatic N) is 2. The van der Waals surface area contributed by atoms with Crippen LogP contribution in [0.15, 0.2) is 23.2 Å². The first kappa shape index (κ1) is 20.5. The number of likely N-dealkylation sites (tertiary alicyclic amines) is 1. The molecule has 26 heavy (non-hydrogen) atoms. The number of hydrogen-bond donors (Lipinski definition) is 1. The van der Waals surface area contributed by atoms with E-state index in [4.69, 9.17) is 14.2 Å². The molecule has 1 atom stereocenters. The fourth-order valence-corrected chi connectivity index (χ4v) is 3.30. The molecule has 1 heterocycles. The van der Waals surface area contributed by atoms with Crippen molar-refractivity contribution >= 4 is 5.96 Å². The first-order valence-electron chi connectivity index (χ1n) is 9.33. The predicted octanol–water partition coefficient (Wildman–Crippen LogP) is 2.11. The topological polar surface area (TPSA) is 55.3 Å². The van der Waals surface area contributed by atoms with Gasteiger partial charge in [-0.15, -0.1) is 0 Å². The highest BCUT2D eigenvalue weighted by atomic mass is 16.5. The molecule has 1 aromatic rings. The van der Waals surface area contributed by atoms with Crippen LogP contribution in [-0.2, 0) is 15.9 Å². The van der Waals surface area contributed by atoms with Crippen molar-refractivity contribution in [3.05, 3.63) is 29.3 Å². The molecular formula is C20H33N3O3. The zero-order chi connectivity index (χ0) is 18.8. The highest BCUT2D eigenvalue weighted by molar-refractivity contribution is 5.80. The van der Waals surface area contributed by atoms with E-state index in [0.717, 1.165) is 50.8 Å². The Morgan fingerprint density at radius 1 is 1.31 bits per heavy atom. The molecule has 1 saturated heterocycles. The lowest BCUT2D eigenvalue weighted by Gasteiger charge is -2.22. The molecule has 1 aliphatic heterocycles. The van der Waals surface area contributed by atoms with Crippen molar-refractivity contribution < 1.29 is 14.2 Å². The molecule has 2 rings (SSSR count). The maximum atomic E-state index is 5.67. The zero-order valence-electron chi connectivity index (χ0n) is 16.6. The first-order valence-corrected chi connectivity index (χ1v) is 9.33. The molecule has 1 aliphatic rings. The van der Waals surface area contributed by atoms with E-state index in [1.54, 1.807) is 14.2 Å². The Morgan fingerprint density at radius 3 is 2.88 bits per heavy atom. The molecule has 6 heteroatoms. The molecule has 1 unspecified atom stereocenters. The third kappa shape index (κ3) is 6.18. The Morgan fingerprint density at radius 2 is 2.15 bits per heavy atom. The quantitative estimate of drug-likeness (QED) is 0.414. The van der Waals surface area contributed by atoms with Crippen LogP contribution < -0.4 is 10.1 Å². The molecule has 6 nitrogen and oxygen atoms in total. The molecule has 146 valence electrons. The van der Waals surface area contributed by atoms with Gasteiger partial charge in [-0.25, -0.2) is 0 Å². The number of hydrogen-bond acceptors (Lipinski definition) is 4. The van der Waals surface area contributed by atoms with E-state index in [-0.39, 0.29) is 0 Å². The van der Waals surface area contributed by atoms with E-state index in [0.29, 0.717) is 19.1 Å². The van der Waals surface area contributed by atoms with Crippen LogP contribution in [0.4, 0.5) is 0 Å². The SMILES string of the molecule is CN=C(NCCc1cc(C)ccc1OC)N1CCC(COCCOC)C1. The Balaban J connectivity index is 1.77. The second-order valence-electron chi connectivity index (χ2n) is 6.71. The van der Waals surface area contributed by atoms with Gasteiger partial charge >= 0.3 is 0 Å². The van der Waals surface area contributed by atoms with Gasteiger partial charge in [0.15, 0.2) is 5.96 Å². The van der Waals surface area contributed by atoms with Gasteiger partial charge in [0.1, 0.15) is 5.75 Å². The van der Waals surface area contributed by atoms with Gasteiger partial charge in [0.2, 0.25) is 0 Å². The number of benzene rings is 1. The van der Waals surface area contributed by atoms with Crippen molar-refractivity contribution in [2.45, 2.75) is 19.8 Å². The van der Waals surface area contributed by atoms with Gasteiger partial charge in [0.25, 0.3) is 0 Å². The number of guanidine groups is 1. The summed E-state index contributed by atoms with van der Waals surface area (Å²) in [5.41, 5.74) is 2.47. The molecule has 0 spiro atoms. The van der Waals surface area contributed by atoms with Crippen molar-refractivity contribution in [1.82, 2.24) is 10.2 Å². The highest BCUT2D eigenvalue weighted by Crippen LogP contribution is 2.20. The maximum Gasteiger partial charge on any atom is 0.193 e. The second-order valence-corrected chi connectivity index (χ2v) is 6.71. The summed E-state index contributed by atoms with van der Waals surface area (Å²) in [5.74, 6) is 2.47. The molecule has 0 saturated carbocycles. The molecule has 1 aromatic carbocycles. The van der Waals surface area contributed by atoms with Crippen molar-refractivity contribution in [2.75, 3.05) is 60.7 Å². The van der Waals surface area contributed by atoms with Crippen LogP contribution in [0.1, 0.15) is 17.5 Å². The Labute approximate surface area is 157 Å². The highest BCUT2D eigenvalue weighted by Gasteiger charge is 2.24. The minimum Gasteiger partial charge on any atom is -0.496 e. The van der Waals surface area contributed by atoms with Gasteiger partial charge < -0.3 is 24.4 Å². The van der Waals surface area contributed by atoms with E-state index in [1.165, 1.54) is 11.1 Å². The van der Waals surface area contributed by atoms with E-state index in [9.17, 15) is 0 Å². The van der Waals surface area contributed by atoms with E-state index < -0.39 is 0 Å². The summed E-state index contributed by atoms with van der Waals surface area (Å²) in [6, 6.07) is 6.30. The Bertz CT molecular complexity index is 577. The fraction of sp³-hybridized carbons (Fsp3) is 0.650. The van der Waals surface area contributed by atoms with Gasteiger partial charge in [0, 0.05) is 39.7 Å². The average Bonchev–Trinajstić information content (AvgIpc) is 3.11. The van der Waals surface area contributed by atoms with Crippen molar-refractivity contribution in [2.24, 2.45) is 10.9 Å². The molecular weight excluding hydrogens is 330 g/mol. The van der Waals surface area contributed by atoms with Crippen LogP contribution in [0.2, 0.25) is 0 Å². The number of rotatable bonds is 9. The molecule has 0 bridgehead atoms. The van der Waals surface area contributed by atoms with Gasteiger partial charge in [-0.2, -0.15) is 0 Å². The zero-order valence-corrected chi connectivity index (χ0v) is 16.6. The molecule has 0 aromatic heterocycles. The van der Waals surface area contributed by atoms with E-state index in [2.05, 4.69) is 34.3 Å². The maximum absolute atomic E-state index is 5.67. The summed E-state index contributed by atoms with van der Waals surface area (Å²) < 4.78 is 16.1. The smallest absolute Gasteiger partial charge is 0.193 e. The average molecular weight is 364 g/mol. The fourth-order valence-electron chi connectivity index (χ4n) is 3.30. The number of ether oxygens (including phenoxy) is 3. The van der Waals surface area contributed by atoms with Crippen molar-refractivity contribution in [1.29, 1.82) is 0 Å². The standard InChI is InChI=1S/C20H33N3O3/c1-16-5-6-19(25-4)18(13-16)7-9-22-20(21-2)23-10-8-17(14-23)15-26-12-11-24-3/h5-6,13,17H,7-12,14-15H2,1-4H3,(H,21,22). The lowest BCUT2D eigenvalue weighted by Crippen LogP contribution is -2.41. The third-order valence-electron chi connectivity index (χ3n) is 4.70. The summed E-state index contributed by atoms with van der Waals surface area (Å²) in [7, 11) is 5.26. The van der Waals surface area contributed by atoms with Crippen LogP contribution >= 0.6 is 0 Å². The van der Waals surface area contributed by atoms with Crippen LogP contribution in [-0.4, -0.2) is 71.6 Å². The summed E-state index contributed by atoms with van der Waals surface area (Å²) in [5, 5.41) is 3.49. The summed E-state index contributed by atoms with van der Waals surface area (Å²) >= 11 is 0. The largest absolute Gasteiger partial charge is 0.496 e. The molecule has 1 fully saturated rings. The summed E-state index contributed by atoms with van der Waals surface area (Å²) in [6.45, 7) is 7.05. The molecule has 0 radical (unpaired) electrons. The number of aryl methyl sites for hydroxylation is 1. The van der Waals surface area contributed by atoms with Crippen LogP contribution in [0.5, 0.6) is 5.75 Å². The van der Waals surface area contributed by atoms with Crippen LogP contribution in [0, 0.1) is 12.8 Å². The molecule has 0 amide bonds.